The molecule has 2 aromatic rings. The lowest BCUT2D eigenvalue weighted by Gasteiger charge is -2.05. The highest BCUT2D eigenvalue weighted by Crippen LogP contribution is 2.20. The molecule has 0 amide bonds. The topological polar surface area (TPSA) is 83.2 Å². The second-order valence-electron chi connectivity index (χ2n) is 3.49. The quantitative estimate of drug-likeness (QED) is 0.928. The second-order valence-corrected chi connectivity index (χ2v) is 4.35. The highest BCUT2D eigenvalue weighted by molar-refractivity contribution is 7.11. The summed E-state index contributed by atoms with van der Waals surface area (Å²) >= 11 is 0.976. The minimum absolute atomic E-state index is 0.0103. The Morgan fingerprint density at radius 2 is 2.37 bits per heavy atom. The summed E-state index contributed by atoms with van der Waals surface area (Å²) in [7, 11) is 0. The number of ether oxygens (including phenoxy) is 1. The minimum atomic E-state index is -1.11. The van der Waals surface area contributed by atoms with E-state index >= 15 is 0 Å². The Balaban J connectivity index is 2.06. The summed E-state index contributed by atoms with van der Waals surface area (Å²) in [6, 6.07) is 5.66. The number of nitrogens with zero attached hydrogens (tertiary/aromatic N) is 2. The third-order valence-electron chi connectivity index (χ3n) is 2.17. The highest BCUT2D eigenvalue weighted by Gasteiger charge is 2.10. The maximum Gasteiger partial charge on any atom is 0.365 e. The standard InChI is InChI=1S/C12H7FN2O3S/c13-9-3-7(4-14)1-2-10(9)18-5-8-6-19-11(15-8)12(16)17/h1-3,6H,5H2,(H,16,17). The maximum absolute atomic E-state index is 13.5. The predicted molar refractivity (Wildman–Crippen MR) is 64.5 cm³/mol. The van der Waals surface area contributed by atoms with Gasteiger partial charge in [-0.25, -0.2) is 14.2 Å². The Hall–Kier alpha value is -2.46. The Kier molecular flexibility index (Phi) is 3.73. The first kappa shape index (κ1) is 13.0. The second kappa shape index (κ2) is 5.46. The van der Waals surface area contributed by atoms with Crippen LogP contribution in [0.4, 0.5) is 4.39 Å². The zero-order valence-electron chi connectivity index (χ0n) is 9.46. The van der Waals surface area contributed by atoms with Gasteiger partial charge in [-0.15, -0.1) is 11.3 Å². The van der Waals surface area contributed by atoms with Crippen molar-refractivity contribution in [2.45, 2.75) is 6.61 Å². The number of hydrogen-bond acceptors (Lipinski definition) is 5. The van der Waals surface area contributed by atoms with Gasteiger partial charge >= 0.3 is 5.97 Å². The van der Waals surface area contributed by atoms with E-state index in [1.54, 1.807) is 0 Å². The molecule has 0 radical (unpaired) electrons. The lowest BCUT2D eigenvalue weighted by Crippen LogP contribution is -2.00. The van der Waals surface area contributed by atoms with E-state index in [0.717, 1.165) is 17.4 Å². The maximum atomic E-state index is 13.5. The van der Waals surface area contributed by atoms with Gasteiger partial charge in [-0.1, -0.05) is 0 Å². The van der Waals surface area contributed by atoms with E-state index in [1.807, 2.05) is 6.07 Å². The molecule has 1 aromatic heterocycles. The molecule has 0 spiro atoms. The molecular weight excluding hydrogens is 271 g/mol. The summed E-state index contributed by atoms with van der Waals surface area (Å²) in [4.78, 5) is 14.4. The molecule has 5 nitrogen and oxygen atoms in total. The molecule has 0 saturated carbocycles. The number of carbonyl (C=O) groups is 1. The van der Waals surface area contributed by atoms with Gasteiger partial charge in [0.2, 0.25) is 5.01 Å². The van der Waals surface area contributed by atoms with Crippen LogP contribution in [0.2, 0.25) is 0 Å². The SMILES string of the molecule is N#Cc1ccc(OCc2csc(C(=O)O)n2)c(F)c1. The first-order chi connectivity index (χ1) is 9.10. The summed E-state index contributed by atoms with van der Waals surface area (Å²) in [5, 5.41) is 18.8. The first-order valence-electron chi connectivity index (χ1n) is 5.10. The van der Waals surface area contributed by atoms with Gasteiger partial charge in [-0.05, 0) is 18.2 Å². The first-order valence-corrected chi connectivity index (χ1v) is 5.98. The van der Waals surface area contributed by atoms with Gasteiger partial charge in [-0.3, -0.25) is 0 Å². The molecule has 0 fully saturated rings. The molecule has 0 unspecified atom stereocenters. The lowest BCUT2D eigenvalue weighted by atomic mass is 10.2. The number of halogens is 1. The molecule has 1 aromatic carbocycles. The molecule has 0 atom stereocenters. The van der Waals surface area contributed by atoms with Crippen LogP contribution >= 0.6 is 11.3 Å². The largest absolute Gasteiger partial charge is 0.484 e. The molecule has 0 aliphatic rings. The highest BCUT2D eigenvalue weighted by atomic mass is 32.1. The van der Waals surface area contributed by atoms with Gasteiger partial charge in [0.25, 0.3) is 0 Å². The zero-order valence-corrected chi connectivity index (χ0v) is 10.3. The number of carboxylic acid groups (broad SMARTS) is 1. The number of aromatic carboxylic acids is 1. The number of rotatable bonds is 4. The molecule has 0 bridgehead atoms. The van der Waals surface area contributed by atoms with Gasteiger partial charge < -0.3 is 9.84 Å². The molecule has 2 rings (SSSR count). The van der Waals surface area contributed by atoms with E-state index in [1.165, 1.54) is 17.5 Å². The van der Waals surface area contributed by atoms with Crippen LogP contribution in [0.15, 0.2) is 23.6 Å². The van der Waals surface area contributed by atoms with E-state index in [2.05, 4.69) is 4.98 Å². The number of aromatic nitrogens is 1. The average molecular weight is 278 g/mol. The molecule has 1 heterocycles. The van der Waals surface area contributed by atoms with Gasteiger partial charge in [0.1, 0.15) is 6.61 Å². The van der Waals surface area contributed by atoms with Crippen molar-refractivity contribution in [3.05, 3.63) is 45.7 Å². The number of carboxylic acids is 1. The lowest BCUT2D eigenvalue weighted by molar-refractivity contribution is 0.0696. The summed E-state index contributed by atoms with van der Waals surface area (Å²) in [5.41, 5.74) is 0.609. The van der Waals surface area contributed by atoms with Crippen molar-refractivity contribution in [1.29, 1.82) is 5.26 Å². The fourth-order valence-electron chi connectivity index (χ4n) is 1.31. The molecule has 7 heteroatoms. The van der Waals surface area contributed by atoms with E-state index < -0.39 is 11.8 Å². The van der Waals surface area contributed by atoms with Crippen LogP contribution in [0.3, 0.4) is 0 Å². The predicted octanol–water partition coefficient (Wildman–Crippen LogP) is 2.43. The van der Waals surface area contributed by atoms with Crippen LogP contribution in [0.5, 0.6) is 5.75 Å². The van der Waals surface area contributed by atoms with Crippen LogP contribution in [0.25, 0.3) is 0 Å². The smallest absolute Gasteiger partial charge is 0.365 e. The number of benzene rings is 1. The molecule has 1 N–H and O–H groups in total. The van der Waals surface area contributed by atoms with Crippen LogP contribution in [-0.4, -0.2) is 16.1 Å². The molecular formula is C12H7FN2O3S. The number of hydrogen-bond donors (Lipinski definition) is 1. The van der Waals surface area contributed by atoms with Crippen molar-refractivity contribution in [2.24, 2.45) is 0 Å². The Morgan fingerprint density at radius 3 is 2.95 bits per heavy atom. The molecule has 0 saturated heterocycles. The van der Waals surface area contributed by atoms with Crippen molar-refractivity contribution in [3.63, 3.8) is 0 Å². The molecule has 0 aliphatic carbocycles. The van der Waals surface area contributed by atoms with Gasteiger partial charge in [0.05, 0.1) is 17.3 Å². The van der Waals surface area contributed by atoms with Crippen LogP contribution in [-0.2, 0) is 6.61 Å². The molecule has 0 aliphatic heterocycles. The molecule has 19 heavy (non-hydrogen) atoms. The molecule has 96 valence electrons. The third-order valence-corrected chi connectivity index (χ3v) is 3.05. The Bertz CT molecular complexity index is 663. The summed E-state index contributed by atoms with van der Waals surface area (Å²) in [6.07, 6.45) is 0. The minimum Gasteiger partial charge on any atom is -0.484 e. The third kappa shape index (κ3) is 3.05. The van der Waals surface area contributed by atoms with E-state index in [0.29, 0.717) is 5.69 Å². The van der Waals surface area contributed by atoms with Crippen molar-refractivity contribution in [3.8, 4) is 11.8 Å². The Labute approximate surface area is 111 Å². The monoisotopic (exact) mass is 278 g/mol. The van der Waals surface area contributed by atoms with Crippen molar-refractivity contribution in [2.75, 3.05) is 0 Å². The van der Waals surface area contributed by atoms with Crippen LogP contribution < -0.4 is 4.74 Å². The number of nitriles is 1. The van der Waals surface area contributed by atoms with E-state index in [9.17, 15) is 9.18 Å². The zero-order chi connectivity index (χ0) is 13.8. The van der Waals surface area contributed by atoms with Crippen molar-refractivity contribution in [1.82, 2.24) is 4.98 Å². The fraction of sp³-hybridized carbons (Fsp3) is 0.0833. The summed E-state index contributed by atoms with van der Waals surface area (Å²) in [5.74, 6) is -1.77. The van der Waals surface area contributed by atoms with Crippen LogP contribution in [0.1, 0.15) is 21.1 Å². The van der Waals surface area contributed by atoms with Gasteiger partial charge in [0, 0.05) is 5.38 Å². The Morgan fingerprint density at radius 1 is 1.58 bits per heavy atom. The average Bonchev–Trinajstić information content (AvgIpc) is 2.86. The van der Waals surface area contributed by atoms with Gasteiger partial charge in [0.15, 0.2) is 11.6 Å². The van der Waals surface area contributed by atoms with E-state index in [-0.39, 0.29) is 22.9 Å². The fourth-order valence-corrected chi connectivity index (χ4v) is 1.95. The van der Waals surface area contributed by atoms with Crippen LogP contribution in [0, 0.1) is 17.1 Å². The summed E-state index contributed by atoms with van der Waals surface area (Å²) < 4.78 is 18.7. The normalized spacial score (nSPS) is 9.89. The van der Waals surface area contributed by atoms with Crippen molar-refractivity contribution < 1.29 is 19.0 Å². The van der Waals surface area contributed by atoms with Crippen molar-refractivity contribution >= 4 is 17.3 Å². The summed E-state index contributed by atoms with van der Waals surface area (Å²) in [6.45, 7) is -0.0351. The van der Waals surface area contributed by atoms with E-state index in [4.69, 9.17) is 15.1 Å². The number of thiazole rings is 1. The van der Waals surface area contributed by atoms with Gasteiger partial charge in [-0.2, -0.15) is 5.26 Å².